The Morgan fingerprint density at radius 2 is 1.46 bits per heavy atom. The van der Waals surface area contributed by atoms with Gasteiger partial charge in [0, 0.05) is 0 Å². The van der Waals surface area contributed by atoms with Crippen molar-refractivity contribution in [2.45, 2.75) is 10.8 Å². The fraction of sp³-hybridized carbons (Fsp3) is 0.400. The smallest absolute Gasteiger partial charge is 0.337 e. The molecule has 13 heavy (non-hydrogen) atoms. The van der Waals surface area contributed by atoms with Gasteiger partial charge >= 0.3 is 17.9 Å². The van der Waals surface area contributed by atoms with E-state index in [4.69, 9.17) is 21.1 Å². The molecule has 8 heteroatoms. The minimum atomic E-state index is -2.92. The van der Waals surface area contributed by atoms with Crippen LogP contribution in [0.2, 0.25) is 0 Å². The Morgan fingerprint density at radius 1 is 1.15 bits per heavy atom. The Hall–Kier alpha value is -1.28. The van der Waals surface area contributed by atoms with Crippen molar-refractivity contribution in [1.82, 2.24) is 0 Å². The zero-order valence-corrected chi connectivity index (χ0v) is 7.06. The van der Waals surface area contributed by atoms with Gasteiger partial charge in [0.15, 0.2) is 0 Å². The van der Waals surface area contributed by atoms with E-state index in [0.717, 1.165) is 0 Å². The molecule has 1 atom stereocenters. The van der Waals surface area contributed by atoms with Gasteiger partial charge in [-0.05, 0) is 0 Å². The molecule has 0 aromatic rings. The van der Waals surface area contributed by atoms with E-state index in [2.05, 4.69) is 12.6 Å². The minimum absolute atomic E-state index is 1.71. The molecule has 0 radical (unpaired) electrons. The largest absolute Gasteiger partial charge is 0.480 e. The summed E-state index contributed by atoms with van der Waals surface area (Å²) in [6.07, 6.45) is 0. The summed E-state index contributed by atoms with van der Waals surface area (Å²) in [7, 11) is 0. The van der Waals surface area contributed by atoms with E-state index in [1.807, 2.05) is 0 Å². The lowest BCUT2D eigenvalue weighted by molar-refractivity contribution is -0.160. The molecule has 7 nitrogen and oxygen atoms in total. The van der Waals surface area contributed by atoms with E-state index in [9.17, 15) is 14.4 Å². The number of carbonyl (C=O) groups is 3. The van der Waals surface area contributed by atoms with E-state index in [-0.39, 0.29) is 0 Å². The Morgan fingerprint density at radius 3 is 1.54 bits per heavy atom. The molecule has 0 heterocycles. The number of aliphatic carboxylic acids is 3. The second-order valence-electron chi connectivity index (χ2n) is 2.22. The molecule has 0 aromatic carbocycles. The van der Waals surface area contributed by atoms with E-state index >= 15 is 0 Å². The van der Waals surface area contributed by atoms with Gasteiger partial charge < -0.3 is 21.1 Å². The minimum Gasteiger partial charge on any atom is -0.480 e. The molecule has 0 aliphatic rings. The average Bonchev–Trinajstić information content (AvgIpc) is 2.00. The Labute approximate surface area is 77.6 Å². The van der Waals surface area contributed by atoms with Crippen LogP contribution in [0.15, 0.2) is 0 Å². The van der Waals surface area contributed by atoms with Crippen LogP contribution in [0.4, 0.5) is 0 Å². The molecule has 0 spiro atoms. The average molecular weight is 209 g/mol. The maximum Gasteiger partial charge on any atom is 0.337 e. The number of carboxylic acid groups (broad SMARTS) is 3. The molecule has 1 unspecified atom stereocenters. The summed E-state index contributed by atoms with van der Waals surface area (Å²) in [5.41, 5.74) is 1.95. The van der Waals surface area contributed by atoms with Crippen molar-refractivity contribution in [2.24, 2.45) is 5.73 Å². The van der Waals surface area contributed by atoms with Gasteiger partial charge in [-0.3, -0.25) is 4.79 Å². The number of hydrogen-bond donors (Lipinski definition) is 5. The molecule has 0 aromatic heterocycles. The molecular formula is C5H7NO6S. The zero-order chi connectivity index (χ0) is 10.8. The van der Waals surface area contributed by atoms with Crippen molar-refractivity contribution in [2.75, 3.05) is 0 Å². The maximum absolute atomic E-state index is 10.4. The highest BCUT2D eigenvalue weighted by atomic mass is 32.1. The number of rotatable bonds is 4. The summed E-state index contributed by atoms with van der Waals surface area (Å²) in [6.45, 7) is 0. The van der Waals surface area contributed by atoms with Crippen LogP contribution < -0.4 is 5.73 Å². The molecular weight excluding hydrogens is 202 g/mol. The van der Waals surface area contributed by atoms with Gasteiger partial charge in [-0.15, -0.1) is 0 Å². The molecule has 0 saturated heterocycles. The molecule has 0 rings (SSSR count). The van der Waals surface area contributed by atoms with Crippen LogP contribution in [0.25, 0.3) is 0 Å². The summed E-state index contributed by atoms with van der Waals surface area (Å²) < 4.78 is 0. The topological polar surface area (TPSA) is 138 Å². The van der Waals surface area contributed by atoms with Crippen LogP contribution in [0.1, 0.15) is 0 Å². The monoisotopic (exact) mass is 209 g/mol. The molecule has 0 aliphatic heterocycles. The van der Waals surface area contributed by atoms with Gasteiger partial charge in [0.1, 0.15) is 5.25 Å². The Balaban J connectivity index is 5.13. The first-order valence-electron chi connectivity index (χ1n) is 2.91. The molecule has 5 N–H and O–H groups in total. The lowest BCUT2D eigenvalue weighted by Gasteiger charge is -2.22. The van der Waals surface area contributed by atoms with Crippen LogP contribution in [0.5, 0.6) is 0 Å². The predicted octanol–water partition coefficient (Wildman–Crippen LogP) is -1.76. The van der Waals surface area contributed by atoms with E-state index in [1.165, 1.54) is 0 Å². The molecule has 74 valence electrons. The van der Waals surface area contributed by atoms with Crippen LogP contribution in [-0.4, -0.2) is 44.0 Å². The third-order valence-corrected chi connectivity index (χ3v) is 2.00. The highest BCUT2D eigenvalue weighted by Gasteiger charge is 2.52. The number of hydrogen-bond acceptors (Lipinski definition) is 5. The third kappa shape index (κ3) is 1.90. The molecule has 0 amide bonds. The first-order valence-corrected chi connectivity index (χ1v) is 3.42. The summed E-state index contributed by atoms with van der Waals surface area (Å²) in [5.74, 6) is -5.62. The van der Waals surface area contributed by atoms with Crippen molar-refractivity contribution in [3.05, 3.63) is 0 Å². The summed E-state index contributed by atoms with van der Waals surface area (Å²) in [4.78, 5) is 31.1. The first kappa shape index (κ1) is 11.7. The van der Waals surface area contributed by atoms with Crippen molar-refractivity contribution in [3.8, 4) is 0 Å². The SMILES string of the molecule is NC(C(=O)O)(C(=O)O)C(S)C(=O)O. The molecule has 0 bridgehead atoms. The van der Waals surface area contributed by atoms with Gasteiger partial charge in [-0.2, -0.15) is 12.6 Å². The van der Waals surface area contributed by atoms with Crippen LogP contribution in [-0.2, 0) is 14.4 Å². The maximum atomic E-state index is 10.4. The third-order valence-electron chi connectivity index (χ3n) is 1.37. The molecule has 0 aliphatic carbocycles. The van der Waals surface area contributed by atoms with Crippen molar-refractivity contribution in [1.29, 1.82) is 0 Å². The van der Waals surface area contributed by atoms with E-state index in [0.29, 0.717) is 0 Å². The van der Waals surface area contributed by atoms with Crippen LogP contribution in [0, 0.1) is 0 Å². The Kier molecular flexibility index (Phi) is 3.27. The fourth-order valence-corrected chi connectivity index (χ4v) is 0.741. The fourth-order valence-electron chi connectivity index (χ4n) is 0.520. The Bertz CT molecular complexity index is 250. The molecule has 0 fully saturated rings. The number of nitrogens with two attached hydrogens (primary N) is 1. The molecule has 0 saturated carbocycles. The van der Waals surface area contributed by atoms with Crippen molar-refractivity contribution < 1.29 is 29.7 Å². The lowest BCUT2D eigenvalue weighted by atomic mass is 9.96. The first-order chi connectivity index (χ1) is 5.74. The van der Waals surface area contributed by atoms with Crippen LogP contribution >= 0.6 is 12.6 Å². The normalized spacial score (nSPS) is 13.4. The van der Waals surface area contributed by atoms with Crippen molar-refractivity contribution in [3.63, 3.8) is 0 Å². The summed E-state index contributed by atoms with van der Waals surface area (Å²) in [5, 5.41) is 23.1. The van der Waals surface area contributed by atoms with Gasteiger partial charge in [0.25, 0.3) is 0 Å². The quantitative estimate of drug-likeness (QED) is 0.273. The summed E-state index contributed by atoms with van der Waals surface area (Å²) in [6, 6.07) is 0. The highest BCUT2D eigenvalue weighted by Crippen LogP contribution is 2.14. The number of thiol groups is 1. The second-order valence-corrected chi connectivity index (χ2v) is 2.74. The second kappa shape index (κ2) is 3.62. The summed E-state index contributed by atoms with van der Waals surface area (Å²) >= 11 is 3.30. The van der Waals surface area contributed by atoms with Gasteiger partial charge in [-0.1, -0.05) is 0 Å². The zero-order valence-electron chi connectivity index (χ0n) is 6.17. The lowest BCUT2D eigenvalue weighted by Crippen LogP contribution is -2.63. The van der Waals surface area contributed by atoms with Crippen molar-refractivity contribution >= 4 is 30.5 Å². The number of carboxylic acids is 3. The highest BCUT2D eigenvalue weighted by molar-refractivity contribution is 7.82. The standard InChI is InChI=1S/C5H7NO6S/c6-5(3(9)10,4(11)12)1(13)2(7)8/h1,13H,6H2,(H,7,8)(H,9,10)(H,11,12). The van der Waals surface area contributed by atoms with Crippen LogP contribution in [0.3, 0.4) is 0 Å². The van der Waals surface area contributed by atoms with Gasteiger partial charge in [-0.25, -0.2) is 9.59 Å². The van der Waals surface area contributed by atoms with E-state index < -0.39 is 28.7 Å². The van der Waals surface area contributed by atoms with Gasteiger partial charge in [0.2, 0.25) is 5.54 Å². The van der Waals surface area contributed by atoms with Gasteiger partial charge in [0.05, 0.1) is 0 Å². The predicted molar refractivity (Wildman–Crippen MR) is 42.6 cm³/mol. The van der Waals surface area contributed by atoms with E-state index in [1.54, 1.807) is 0 Å².